The lowest BCUT2D eigenvalue weighted by Crippen LogP contribution is -2.51. The molecule has 5 heteroatoms. The second-order valence-corrected chi connectivity index (χ2v) is 5.29. The summed E-state index contributed by atoms with van der Waals surface area (Å²) in [5.74, 6) is -0.959. The van der Waals surface area contributed by atoms with Crippen LogP contribution >= 0.6 is 0 Å². The molecule has 18 heavy (non-hydrogen) atoms. The number of likely N-dealkylation sites (tertiary alicyclic amines) is 1. The largest absolute Gasteiger partial charge is 0.480 e. The number of hydrogen-bond donors (Lipinski definition) is 1. The van der Waals surface area contributed by atoms with Crippen LogP contribution in [-0.2, 0) is 4.79 Å². The van der Waals surface area contributed by atoms with E-state index in [1.54, 1.807) is 0 Å². The highest BCUT2D eigenvalue weighted by molar-refractivity contribution is 5.80. The molecule has 0 bridgehead atoms. The van der Waals surface area contributed by atoms with Gasteiger partial charge in [0.25, 0.3) is 0 Å². The SMILES string of the molecule is CC(C)N(CC(=O)O)C(=O)N1CCCCCC1C. The van der Waals surface area contributed by atoms with Gasteiger partial charge in [0, 0.05) is 18.6 Å². The van der Waals surface area contributed by atoms with Crippen molar-refractivity contribution in [1.29, 1.82) is 0 Å². The molecule has 1 fully saturated rings. The maximum atomic E-state index is 12.4. The number of carbonyl (C=O) groups excluding carboxylic acids is 1. The zero-order valence-electron chi connectivity index (χ0n) is 11.6. The van der Waals surface area contributed by atoms with Gasteiger partial charge in [-0.1, -0.05) is 12.8 Å². The highest BCUT2D eigenvalue weighted by atomic mass is 16.4. The van der Waals surface area contributed by atoms with E-state index in [0.717, 1.165) is 32.2 Å². The molecule has 1 N–H and O–H groups in total. The van der Waals surface area contributed by atoms with Gasteiger partial charge in [0.1, 0.15) is 6.54 Å². The van der Waals surface area contributed by atoms with Gasteiger partial charge in [0.05, 0.1) is 0 Å². The summed E-state index contributed by atoms with van der Waals surface area (Å²) in [5.41, 5.74) is 0. The summed E-state index contributed by atoms with van der Waals surface area (Å²) in [4.78, 5) is 26.5. The van der Waals surface area contributed by atoms with E-state index in [2.05, 4.69) is 0 Å². The Kier molecular flexibility index (Phi) is 5.44. The minimum Gasteiger partial charge on any atom is -0.480 e. The van der Waals surface area contributed by atoms with Gasteiger partial charge < -0.3 is 14.9 Å². The maximum Gasteiger partial charge on any atom is 0.323 e. The van der Waals surface area contributed by atoms with Crippen LogP contribution in [0, 0.1) is 0 Å². The molecule has 1 saturated heterocycles. The number of amides is 2. The Labute approximate surface area is 109 Å². The van der Waals surface area contributed by atoms with Crippen LogP contribution in [0.15, 0.2) is 0 Å². The third kappa shape index (κ3) is 3.89. The molecule has 1 atom stereocenters. The van der Waals surface area contributed by atoms with Crippen LogP contribution in [0.4, 0.5) is 4.79 Å². The van der Waals surface area contributed by atoms with Crippen LogP contribution in [0.25, 0.3) is 0 Å². The normalized spacial score (nSPS) is 20.7. The molecule has 1 unspecified atom stereocenters. The Hall–Kier alpha value is -1.26. The first-order valence-electron chi connectivity index (χ1n) is 6.72. The minimum atomic E-state index is -0.959. The van der Waals surface area contributed by atoms with Crippen molar-refractivity contribution >= 4 is 12.0 Å². The molecule has 1 aliphatic rings. The van der Waals surface area contributed by atoms with Crippen molar-refractivity contribution in [2.45, 2.75) is 58.5 Å². The van der Waals surface area contributed by atoms with E-state index in [9.17, 15) is 9.59 Å². The van der Waals surface area contributed by atoms with E-state index in [1.807, 2.05) is 25.7 Å². The molecule has 2 amide bonds. The average Bonchev–Trinajstić information content (AvgIpc) is 2.49. The van der Waals surface area contributed by atoms with Crippen molar-refractivity contribution in [3.63, 3.8) is 0 Å². The fourth-order valence-electron chi connectivity index (χ4n) is 2.34. The van der Waals surface area contributed by atoms with Crippen molar-refractivity contribution in [2.24, 2.45) is 0 Å². The Bertz CT molecular complexity index is 305. The predicted octanol–water partition coefficient (Wildman–Crippen LogP) is 2.17. The molecule has 0 radical (unpaired) electrons. The molecule has 0 spiro atoms. The minimum absolute atomic E-state index is 0.0935. The van der Waals surface area contributed by atoms with Crippen molar-refractivity contribution in [2.75, 3.05) is 13.1 Å². The van der Waals surface area contributed by atoms with Crippen LogP contribution in [-0.4, -0.2) is 52.1 Å². The van der Waals surface area contributed by atoms with Crippen LogP contribution in [0.1, 0.15) is 46.5 Å². The number of rotatable bonds is 3. The van der Waals surface area contributed by atoms with Crippen LogP contribution in [0.2, 0.25) is 0 Å². The Balaban J connectivity index is 2.76. The van der Waals surface area contributed by atoms with Crippen LogP contribution in [0.3, 0.4) is 0 Å². The van der Waals surface area contributed by atoms with E-state index in [-0.39, 0.29) is 24.7 Å². The number of nitrogens with zero attached hydrogens (tertiary/aromatic N) is 2. The third-order valence-corrected chi connectivity index (χ3v) is 3.47. The first-order valence-corrected chi connectivity index (χ1v) is 6.72. The van der Waals surface area contributed by atoms with Gasteiger partial charge in [-0.3, -0.25) is 4.79 Å². The monoisotopic (exact) mass is 256 g/mol. The summed E-state index contributed by atoms with van der Waals surface area (Å²) in [7, 11) is 0. The topological polar surface area (TPSA) is 60.9 Å². The molecular formula is C13H24N2O3. The summed E-state index contributed by atoms with van der Waals surface area (Å²) in [6.45, 7) is 6.26. The van der Waals surface area contributed by atoms with Crippen LogP contribution in [0.5, 0.6) is 0 Å². The lowest BCUT2D eigenvalue weighted by Gasteiger charge is -2.34. The molecule has 104 valence electrons. The van der Waals surface area contributed by atoms with Crippen LogP contribution < -0.4 is 0 Å². The zero-order valence-corrected chi connectivity index (χ0v) is 11.6. The van der Waals surface area contributed by atoms with Gasteiger partial charge in [-0.2, -0.15) is 0 Å². The summed E-state index contributed by atoms with van der Waals surface area (Å²) in [6, 6.07) is -0.0269. The molecule has 0 aliphatic carbocycles. The first-order chi connectivity index (χ1) is 8.43. The van der Waals surface area contributed by atoms with E-state index >= 15 is 0 Å². The average molecular weight is 256 g/mol. The molecule has 0 aromatic rings. The molecule has 0 aromatic carbocycles. The van der Waals surface area contributed by atoms with E-state index < -0.39 is 5.97 Å². The Morgan fingerprint density at radius 3 is 2.56 bits per heavy atom. The van der Waals surface area contributed by atoms with Gasteiger partial charge in [-0.15, -0.1) is 0 Å². The number of urea groups is 1. The quantitative estimate of drug-likeness (QED) is 0.841. The molecule has 1 rings (SSSR count). The smallest absolute Gasteiger partial charge is 0.323 e. The second kappa shape index (κ2) is 6.61. The molecule has 0 aromatic heterocycles. The highest BCUT2D eigenvalue weighted by Crippen LogP contribution is 2.18. The van der Waals surface area contributed by atoms with Gasteiger partial charge in [0.2, 0.25) is 0 Å². The highest BCUT2D eigenvalue weighted by Gasteiger charge is 2.28. The summed E-state index contributed by atoms with van der Waals surface area (Å²) in [5, 5.41) is 8.89. The van der Waals surface area contributed by atoms with E-state index in [4.69, 9.17) is 5.11 Å². The summed E-state index contributed by atoms with van der Waals surface area (Å²) < 4.78 is 0. The molecule has 1 aliphatic heterocycles. The van der Waals surface area contributed by atoms with Gasteiger partial charge >= 0.3 is 12.0 Å². The predicted molar refractivity (Wildman–Crippen MR) is 69.5 cm³/mol. The van der Waals surface area contributed by atoms with Crippen molar-refractivity contribution < 1.29 is 14.7 Å². The lowest BCUT2D eigenvalue weighted by atomic mass is 10.1. The standard InChI is InChI=1S/C13H24N2O3/c1-10(2)15(9-12(16)17)13(18)14-8-6-4-5-7-11(14)3/h10-11H,4-9H2,1-3H3,(H,16,17). The molecule has 1 heterocycles. The number of hydrogen-bond acceptors (Lipinski definition) is 2. The Morgan fingerprint density at radius 2 is 2.00 bits per heavy atom. The summed E-state index contributed by atoms with van der Waals surface area (Å²) >= 11 is 0. The molecular weight excluding hydrogens is 232 g/mol. The van der Waals surface area contributed by atoms with Crippen molar-refractivity contribution in [3.05, 3.63) is 0 Å². The van der Waals surface area contributed by atoms with Gasteiger partial charge in [0.15, 0.2) is 0 Å². The lowest BCUT2D eigenvalue weighted by molar-refractivity contribution is -0.138. The fourth-order valence-corrected chi connectivity index (χ4v) is 2.34. The first kappa shape index (κ1) is 14.8. The van der Waals surface area contributed by atoms with Gasteiger partial charge in [-0.05, 0) is 33.6 Å². The maximum absolute atomic E-state index is 12.4. The van der Waals surface area contributed by atoms with E-state index in [0.29, 0.717) is 0 Å². The van der Waals surface area contributed by atoms with Gasteiger partial charge in [-0.25, -0.2) is 4.79 Å². The number of aliphatic carboxylic acids is 1. The van der Waals surface area contributed by atoms with Crippen molar-refractivity contribution in [3.8, 4) is 0 Å². The molecule has 0 saturated carbocycles. The number of carbonyl (C=O) groups is 2. The number of carboxylic acid groups (broad SMARTS) is 1. The van der Waals surface area contributed by atoms with E-state index in [1.165, 1.54) is 4.90 Å². The number of carboxylic acids is 1. The summed E-state index contributed by atoms with van der Waals surface area (Å²) in [6.07, 6.45) is 4.31. The Morgan fingerprint density at radius 1 is 1.33 bits per heavy atom. The van der Waals surface area contributed by atoms with Crippen molar-refractivity contribution in [1.82, 2.24) is 9.80 Å². The second-order valence-electron chi connectivity index (χ2n) is 5.29. The fraction of sp³-hybridized carbons (Fsp3) is 0.846. The molecule has 5 nitrogen and oxygen atoms in total. The third-order valence-electron chi connectivity index (χ3n) is 3.47. The zero-order chi connectivity index (χ0) is 13.7.